The first kappa shape index (κ1) is 21.9. The zero-order valence-electron chi connectivity index (χ0n) is 18.1. The number of carboxylic acid groups (broad SMARTS) is 1. The number of aryl methyl sites for hydroxylation is 3. The zero-order chi connectivity index (χ0) is 22.3. The Labute approximate surface area is 188 Å². The molecular weight excluding hydrogens is 405 g/mol. The van der Waals surface area contributed by atoms with Crippen LogP contribution in [0.25, 0.3) is 0 Å². The van der Waals surface area contributed by atoms with E-state index in [0.717, 1.165) is 37.8 Å². The van der Waals surface area contributed by atoms with Gasteiger partial charge in [0.05, 0.1) is 11.3 Å². The number of aromatic nitrogens is 2. The molecule has 1 aliphatic rings. The Bertz CT molecular complexity index is 1040. The van der Waals surface area contributed by atoms with Crippen LogP contribution in [0.5, 0.6) is 0 Å². The van der Waals surface area contributed by atoms with Crippen LogP contribution in [0.1, 0.15) is 52.9 Å². The number of anilines is 1. The van der Waals surface area contributed by atoms with Gasteiger partial charge in [-0.15, -0.1) is 0 Å². The Hall–Kier alpha value is -3.28. The minimum Gasteiger partial charge on any atom is -0.478 e. The fraction of sp³-hybridized carbons (Fsp3) is 0.346. The maximum atomic E-state index is 13.2. The molecule has 0 radical (unpaired) electrons. The van der Waals surface area contributed by atoms with Gasteiger partial charge in [0.2, 0.25) is 5.95 Å². The molecule has 0 unspecified atom stereocenters. The van der Waals surface area contributed by atoms with Crippen LogP contribution in [0.2, 0.25) is 0 Å². The molecule has 4 rings (SSSR count). The van der Waals surface area contributed by atoms with Crippen molar-refractivity contribution in [2.24, 2.45) is 0 Å². The third kappa shape index (κ3) is 5.49. The summed E-state index contributed by atoms with van der Waals surface area (Å²) in [6.45, 7) is 0.878. The largest absolute Gasteiger partial charge is 0.478 e. The van der Waals surface area contributed by atoms with Crippen molar-refractivity contribution < 1.29 is 14.3 Å². The van der Waals surface area contributed by atoms with Crippen LogP contribution in [-0.2, 0) is 19.3 Å². The summed E-state index contributed by atoms with van der Waals surface area (Å²) < 4.78 is 13.2. The van der Waals surface area contributed by atoms with Crippen molar-refractivity contribution in [2.75, 3.05) is 11.4 Å². The van der Waals surface area contributed by atoms with Gasteiger partial charge >= 0.3 is 5.97 Å². The quantitative estimate of drug-likeness (QED) is 0.536. The van der Waals surface area contributed by atoms with Crippen molar-refractivity contribution in [3.8, 4) is 0 Å². The molecular formula is C26H28FN3O2. The molecule has 166 valence electrons. The van der Waals surface area contributed by atoms with E-state index in [4.69, 9.17) is 4.98 Å². The molecule has 0 bridgehead atoms. The lowest BCUT2D eigenvalue weighted by Gasteiger charge is -2.36. The van der Waals surface area contributed by atoms with Crippen molar-refractivity contribution in [1.82, 2.24) is 9.97 Å². The summed E-state index contributed by atoms with van der Waals surface area (Å²) >= 11 is 0. The molecule has 2 aromatic carbocycles. The summed E-state index contributed by atoms with van der Waals surface area (Å²) in [5.74, 6) is -0.692. The van der Waals surface area contributed by atoms with E-state index in [-0.39, 0.29) is 11.4 Å². The van der Waals surface area contributed by atoms with Gasteiger partial charge in [-0.1, -0.05) is 42.5 Å². The summed E-state index contributed by atoms with van der Waals surface area (Å²) in [7, 11) is 0. The summed E-state index contributed by atoms with van der Waals surface area (Å²) in [5, 5.41) is 9.62. The fourth-order valence-electron chi connectivity index (χ4n) is 4.37. The number of piperidine rings is 1. The van der Waals surface area contributed by atoms with Gasteiger partial charge in [-0.3, -0.25) is 0 Å². The summed E-state index contributed by atoms with van der Waals surface area (Å²) in [5.41, 5.74) is 2.93. The number of halogens is 1. The molecule has 0 spiro atoms. The molecule has 1 atom stereocenters. The number of hydrogen-bond donors (Lipinski definition) is 1. The average molecular weight is 434 g/mol. The summed E-state index contributed by atoms with van der Waals surface area (Å²) in [4.78, 5) is 23.2. The zero-order valence-corrected chi connectivity index (χ0v) is 18.1. The summed E-state index contributed by atoms with van der Waals surface area (Å²) in [6, 6.07) is 17.1. The van der Waals surface area contributed by atoms with Gasteiger partial charge < -0.3 is 10.0 Å². The summed E-state index contributed by atoms with van der Waals surface area (Å²) in [6.07, 6.45) is 7.85. The number of nitrogens with zero attached hydrogens (tertiary/aromatic N) is 3. The third-order valence-electron chi connectivity index (χ3n) is 6.14. The Balaban J connectivity index is 1.52. The van der Waals surface area contributed by atoms with Crippen molar-refractivity contribution in [1.29, 1.82) is 0 Å². The van der Waals surface area contributed by atoms with Gasteiger partial charge in [-0.25, -0.2) is 19.2 Å². The number of carboxylic acids is 1. The maximum Gasteiger partial charge on any atom is 0.339 e. The highest BCUT2D eigenvalue weighted by atomic mass is 19.1. The van der Waals surface area contributed by atoms with E-state index in [1.54, 1.807) is 12.1 Å². The first-order chi connectivity index (χ1) is 15.6. The SMILES string of the molecule is O=C(O)c1cnc(N2CCCC[C@@H]2CCc2ccccc2)nc1CCc1ccc(F)cc1. The second-order valence-electron chi connectivity index (χ2n) is 8.33. The van der Waals surface area contributed by atoms with Gasteiger partial charge in [0.15, 0.2) is 0 Å². The molecule has 1 fully saturated rings. The second kappa shape index (κ2) is 10.4. The molecule has 1 N–H and O–H groups in total. The molecule has 1 aromatic heterocycles. The topological polar surface area (TPSA) is 66.3 Å². The monoisotopic (exact) mass is 433 g/mol. The molecule has 0 aliphatic carbocycles. The van der Waals surface area contributed by atoms with Crippen molar-refractivity contribution in [3.63, 3.8) is 0 Å². The van der Waals surface area contributed by atoms with Gasteiger partial charge in [0, 0.05) is 18.8 Å². The fourth-order valence-corrected chi connectivity index (χ4v) is 4.37. The highest BCUT2D eigenvalue weighted by Crippen LogP contribution is 2.26. The Morgan fingerprint density at radius 3 is 2.50 bits per heavy atom. The van der Waals surface area contributed by atoms with Crippen molar-refractivity contribution >= 4 is 11.9 Å². The molecule has 3 aromatic rings. The number of carbonyl (C=O) groups is 1. The molecule has 0 saturated carbocycles. The van der Waals surface area contributed by atoms with Gasteiger partial charge in [-0.2, -0.15) is 0 Å². The van der Waals surface area contributed by atoms with E-state index < -0.39 is 5.97 Å². The Kier molecular flexibility index (Phi) is 7.10. The molecule has 0 amide bonds. The molecule has 32 heavy (non-hydrogen) atoms. The average Bonchev–Trinajstić information content (AvgIpc) is 2.83. The van der Waals surface area contributed by atoms with Crippen LogP contribution in [0, 0.1) is 5.82 Å². The van der Waals surface area contributed by atoms with Crippen LogP contribution >= 0.6 is 0 Å². The normalized spacial score (nSPS) is 16.2. The van der Waals surface area contributed by atoms with Crippen LogP contribution in [0.3, 0.4) is 0 Å². The first-order valence-electron chi connectivity index (χ1n) is 11.2. The van der Waals surface area contributed by atoms with Crippen LogP contribution in [-0.4, -0.2) is 33.6 Å². The first-order valence-corrected chi connectivity index (χ1v) is 11.2. The molecule has 1 aliphatic heterocycles. The van der Waals surface area contributed by atoms with Crippen LogP contribution in [0.4, 0.5) is 10.3 Å². The van der Waals surface area contributed by atoms with E-state index in [9.17, 15) is 14.3 Å². The van der Waals surface area contributed by atoms with E-state index >= 15 is 0 Å². The van der Waals surface area contributed by atoms with E-state index in [1.807, 2.05) is 6.07 Å². The predicted molar refractivity (Wildman–Crippen MR) is 123 cm³/mol. The Morgan fingerprint density at radius 2 is 1.75 bits per heavy atom. The number of benzene rings is 2. The minimum atomic E-state index is -1.02. The number of rotatable bonds is 8. The Morgan fingerprint density at radius 1 is 1.00 bits per heavy atom. The molecule has 5 nitrogen and oxygen atoms in total. The van der Waals surface area contributed by atoms with Crippen molar-refractivity contribution in [2.45, 2.75) is 51.0 Å². The van der Waals surface area contributed by atoms with Crippen LogP contribution < -0.4 is 4.90 Å². The molecule has 6 heteroatoms. The van der Waals surface area contributed by atoms with Crippen LogP contribution in [0.15, 0.2) is 60.8 Å². The van der Waals surface area contributed by atoms with E-state index in [2.05, 4.69) is 34.1 Å². The highest BCUT2D eigenvalue weighted by molar-refractivity contribution is 5.88. The third-order valence-corrected chi connectivity index (χ3v) is 6.14. The number of aromatic carboxylic acids is 1. The predicted octanol–water partition coefficient (Wildman–Crippen LogP) is 5.09. The molecule has 1 saturated heterocycles. The lowest BCUT2D eigenvalue weighted by Crippen LogP contribution is -2.41. The molecule has 2 heterocycles. The minimum absolute atomic E-state index is 0.133. The van der Waals surface area contributed by atoms with E-state index in [0.29, 0.717) is 30.5 Å². The smallest absolute Gasteiger partial charge is 0.339 e. The highest BCUT2D eigenvalue weighted by Gasteiger charge is 2.26. The standard InChI is InChI=1S/C26H28FN3O2/c27-21-13-9-20(10-14-21)12-16-24-23(25(31)32)18-28-26(29-24)30-17-5-4-8-22(30)15-11-19-6-2-1-3-7-19/h1-3,6-7,9-10,13-14,18,22H,4-5,8,11-12,15-17H2,(H,31,32)/t22-/m1/s1. The van der Waals surface area contributed by atoms with Gasteiger partial charge in [0.1, 0.15) is 5.82 Å². The lowest BCUT2D eigenvalue weighted by molar-refractivity contribution is 0.0694. The van der Waals surface area contributed by atoms with E-state index in [1.165, 1.54) is 30.3 Å². The van der Waals surface area contributed by atoms with Crippen molar-refractivity contribution in [3.05, 3.63) is 89.0 Å². The van der Waals surface area contributed by atoms with Gasteiger partial charge in [-0.05, 0) is 68.2 Å². The lowest BCUT2D eigenvalue weighted by atomic mass is 9.96. The number of hydrogen-bond acceptors (Lipinski definition) is 4. The maximum absolute atomic E-state index is 13.2. The second-order valence-corrected chi connectivity index (χ2v) is 8.33. The van der Waals surface area contributed by atoms with Gasteiger partial charge in [0.25, 0.3) is 0 Å².